The summed E-state index contributed by atoms with van der Waals surface area (Å²) < 4.78 is 27.3. The van der Waals surface area contributed by atoms with E-state index < -0.39 is 24.6 Å². The quantitative estimate of drug-likeness (QED) is 0.514. The smallest absolute Gasteiger partial charge is 0.361 e. The normalized spacial score (nSPS) is 21.2. The van der Waals surface area contributed by atoms with Gasteiger partial charge in [0, 0.05) is 25.5 Å². The molecule has 20 heavy (non-hydrogen) atoms. The zero-order valence-corrected chi connectivity index (χ0v) is 12.1. The Hall–Kier alpha value is -1.69. The minimum Gasteiger partial charge on any atom is -0.467 e. The lowest BCUT2D eigenvalue weighted by atomic mass is 10.00. The van der Waals surface area contributed by atoms with Crippen molar-refractivity contribution in [3.8, 4) is 0 Å². The summed E-state index contributed by atoms with van der Waals surface area (Å²) in [5.41, 5.74) is 0.584. The lowest BCUT2D eigenvalue weighted by molar-refractivity contribution is -0.147. The number of carbonyl (C=O) groups excluding carboxylic acids is 2. The van der Waals surface area contributed by atoms with E-state index in [9.17, 15) is 14.2 Å². The number of amides is 1. The number of rotatable bonds is 4. The molecule has 0 bridgehead atoms. The van der Waals surface area contributed by atoms with Gasteiger partial charge in [-0.15, -0.1) is 0 Å². The molecule has 0 radical (unpaired) electrons. The van der Waals surface area contributed by atoms with Crippen LogP contribution in [0.1, 0.15) is 5.56 Å². The molecule has 0 aliphatic carbocycles. The van der Waals surface area contributed by atoms with E-state index in [1.165, 1.54) is 6.07 Å². The maximum absolute atomic E-state index is 12.8. The van der Waals surface area contributed by atoms with E-state index in [1.807, 2.05) is 0 Å². The van der Waals surface area contributed by atoms with Gasteiger partial charge in [0.1, 0.15) is 0 Å². The second-order valence-corrected chi connectivity index (χ2v) is 6.46. The summed E-state index contributed by atoms with van der Waals surface area (Å²) in [5, 5.41) is 0.355. The topological polar surface area (TPSA) is 90.9 Å². The van der Waals surface area contributed by atoms with Crippen LogP contribution in [0.4, 0.5) is 5.69 Å². The van der Waals surface area contributed by atoms with Gasteiger partial charge in [0.25, 0.3) is 11.1 Å². The van der Waals surface area contributed by atoms with E-state index in [2.05, 4.69) is 10.1 Å². The Morgan fingerprint density at radius 1 is 1.20 bits per heavy atom. The summed E-state index contributed by atoms with van der Waals surface area (Å²) in [5.74, 6) is -1.79. The molecule has 8 heteroatoms. The Morgan fingerprint density at radius 2 is 1.80 bits per heavy atom. The van der Waals surface area contributed by atoms with Gasteiger partial charge in [0.15, 0.2) is 0 Å². The Balaban J connectivity index is 2.82. The van der Waals surface area contributed by atoms with Crippen LogP contribution in [0.5, 0.6) is 0 Å². The van der Waals surface area contributed by atoms with Crippen molar-refractivity contribution in [3.63, 3.8) is 0 Å². The summed E-state index contributed by atoms with van der Waals surface area (Å²) in [6, 6.07) is 6.39. The molecule has 1 atom stereocenters. The molecule has 1 aromatic carbocycles. The van der Waals surface area contributed by atoms with Crippen LogP contribution in [0.15, 0.2) is 24.3 Å². The van der Waals surface area contributed by atoms with Gasteiger partial charge < -0.3 is 19.1 Å². The Morgan fingerprint density at radius 3 is 2.35 bits per heavy atom. The van der Waals surface area contributed by atoms with Gasteiger partial charge in [-0.1, -0.05) is 18.2 Å². The van der Waals surface area contributed by atoms with Crippen molar-refractivity contribution in [2.24, 2.45) is 0 Å². The fraction of sp³-hybridized carbons (Fsp3) is 0.333. The van der Waals surface area contributed by atoms with Crippen molar-refractivity contribution in [2.45, 2.75) is 5.16 Å². The third-order valence-electron chi connectivity index (χ3n) is 3.27. The van der Waals surface area contributed by atoms with Crippen molar-refractivity contribution < 1.29 is 27.9 Å². The lowest BCUT2D eigenvalue weighted by Gasteiger charge is -2.29. The first-order valence-electron chi connectivity index (χ1n) is 5.69. The fourth-order valence-corrected chi connectivity index (χ4v) is 4.13. The van der Waals surface area contributed by atoms with Crippen LogP contribution in [0.25, 0.3) is 0 Å². The molecule has 0 spiro atoms. The number of methoxy groups -OCH3 is 1. The highest BCUT2D eigenvalue weighted by Gasteiger charge is 2.68. The van der Waals surface area contributed by atoms with Crippen LogP contribution in [-0.4, -0.2) is 33.2 Å². The Bertz CT molecular complexity index is 598. The van der Waals surface area contributed by atoms with Crippen molar-refractivity contribution in [3.05, 3.63) is 29.8 Å². The summed E-state index contributed by atoms with van der Waals surface area (Å²) in [6.45, 7) is 0. The van der Waals surface area contributed by atoms with Gasteiger partial charge in [0.2, 0.25) is 0 Å². The highest BCUT2D eigenvalue weighted by molar-refractivity contribution is 7.57. The van der Waals surface area contributed by atoms with Crippen LogP contribution in [0, 0.1) is 0 Å². The first kappa shape index (κ1) is 14.7. The number of carbonyl (C=O) groups is 2. The number of hydrogen-bond acceptors (Lipinski definition) is 6. The molecule has 1 aliphatic heterocycles. The maximum atomic E-state index is 12.8. The highest BCUT2D eigenvalue weighted by Crippen LogP contribution is 2.67. The van der Waals surface area contributed by atoms with Gasteiger partial charge in [-0.2, -0.15) is 0 Å². The first-order chi connectivity index (χ1) is 9.47. The first-order valence-corrected chi connectivity index (χ1v) is 7.23. The highest BCUT2D eigenvalue weighted by atomic mass is 31.2. The monoisotopic (exact) mass is 299 g/mol. The molecule has 108 valence electrons. The largest absolute Gasteiger partial charge is 0.467 e. The maximum Gasteiger partial charge on any atom is 0.361 e. The van der Waals surface area contributed by atoms with Gasteiger partial charge in [-0.25, -0.2) is 4.79 Å². The second kappa shape index (κ2) is 5.01. The molecule has 2 rings (SSSR count). The molecular formula is C12H14NO6P. The Labute approximate surface area is 115 Å². The minimum absolute atomic E-state index is 0.212. The third-order valence-corrected chi connectivity index (χ3v) is 5.68. The van der Waals surface area contributed by atoms with Crippen LogP contribution in [-0.2, 0) is 33.1 Å². The lowest BCUT2D eigenvalue weighted by Crippen LogP contribution is -2.43. The van der Waals surface area contributed by atoms with E-state index in [4.69, 9.17) is 9.05 Å². The number of fused-ring (bicyclic) bond motifs is 1. The molecule has 7 nitrogen and oxygen atoms in total. The molecule has 1 aliphatic rings. The second-order valence-electron chi connectivity index (χ2n) is 4.06. The molecule has 0 unspecified atom stereocenters. The van der Waals surface area contributed by atoms with E-state index in [0.29, 0.717) is 5.69 Å². The molecular weight excluding hydrogens is 285 g/mol. The van der Waals surface area contributed by atoms with E-state index in [-0.39, 0.29) is 5.56 Å². The van der Waals surface area contributed by atoms with Crippen molar-refractivity contribution in [2.75, 3.05) is 26.6 Å². The predicted molar refractivity (Wildman–Crippen MR) is 70.4 cm³/mol. The van der Waals surface area contributed by atoms with E-state index in [1.54, 1.807) is 18.2 Å². The molecule has 1 aromatic rings. The number of para-hydroxylation sites is 1. The SMILES string of the molecule is COC(=O)[C@@]1(P(=O)(OC)OC)C(=O)Nc2ccccc21. The van der Waals surface area contributed by atoms with Crippen molar-refractivity contribution in [1.82, 2.24) is 0 Å². The predicted octanol–water partition coefficient (Wildman–Crippen LogP) is 1.49. The van der Waals surface area contributed by atoms with E-state index in [0.717, 1.165) is 21.3 Å². The average molecular weight is 299 g/mol. The van der Waals surface area contributed by atoms with Crippen LogP contribution in [0.2, 0.25) is 0 Å². The van der Waals surface area contributed by atoms with Gasteiger partial charge in [-0.05, 0) is 6.07 Å². The molecule has 0 saturated heterocycles. The number of anilines is 1. The molecule has 0 aromatic heterocycles. The number of hydrogen-bond donors (Lipinski definition) is 1. The third kappa shape index (κ3) is 1.64. The molecule has 1 N–H and O–H groups in total. The summed E-state index contributed by atoms with van der Waals surface area (Å²) in [4.78, 5) is 24.6. The zero-order chi connectivity index (χ0) is 15.0. The zero-order valence-electron chi connectivity index (χ0n) is 11.2. The summed E-state index contributed by atoms with van der Waals surface area (Å²) in [7, 11) is -0.774. The van der Waals surface area contributed by atoms with Gasteiger partial charge >= 0.3 is 13.6 Å². The minimum atomic E-state index is -4.11. The Kier molecular flexibility index (Phi) is 3.69. The standard InChI is InChI=1S/C12H14NO6P/c1-17-11(15)12(20(16,18-2)19-3)8-6-4-5-7-9(8)13-10(12)14/h4-7H,1-3H3,(H,13,14)/t12-/m0/s1. The molecule has 1 heterocycles. The summed E-state index contributed by atoms with van der Waals surface area (Å²) >= 11 is 0. The number of nitrogens with one attached hydrogen (secondary N) is 1. The van der Waals surface area contributed by atoms with Crippen molar-refractivity contribution in [1.29, 1.82) is 0 Å². The van der Waals surface area contributed by atoms with Crippen LogP contribution in [0.3, 0.4) is 0 Å². The van der Waals surface area contributed by atoms with Crippen LogP contribution < -0.4 is 5.32 Å². The molecule has 1 amide bonds. The van der Waals surface area contributed by atoms with Crippen LogP contribution >= 0.6 is 7.60 Å². The number of esters is 1. The van der Waals surface area contributed by atoms with Gasteiger partial charge in [-0.3, -0.25) is 9.36 Å². The molecule has 0 fully saturated rings. The summed E-state index contributed by atoms with van der Waals surface area (Å²) in [6.07, 6.45) is 0. The number of benzene rings is 1. The number of ether oxygens (including phenoxy) is 1. The van der Waals surface area contributed by atoms with E-state index >= 15 is 0 Å². The molecule has 0 saturated carbocycles. The average Bonchev–Trinajstić information content (AvgIpc) is 2.78. The van der Waals surface area contributed by atoms with Gasteiger partial charge in [0.05, 0.1) is 7.11 Å². The van der Waals surface area contributed by atoms with Crippen molar-refractivity contribution >= 4 is 25.2 Å². The fourth-order valence-electron chi connectivity index (χ4n) is 2.33.